The number of hydrogen-bond donors (Lipinski definition) is 2. The van der Waals surface area contributed by atoms with E-state index in [9.17, 15) is 9.59 Å². The smallest absolute Gasteiger partial charge is 0.323 e. The first-order valence-corrected chi connectivity index (χ1v) is 5.94. The number of terminal acetylenes is 1. The zero-order chi connectivity index (χ0) is 13.5. The summed E-state index contributed by atoms with van der Waals surface area (Å²) < 4.78 is 0. The molecule has 0 atom stereocenters. The van der Waals surface area contributed by atoms with Gasteiger partial charge in [-0.3, -0.25) is 14.5 Å². The van der Waals surface area contributed by atoms with E-state index in [1.807, 2.05) is 4.90 Å². The molecule has 1 aliphatic heterocycles. The van der Waals surface area contributed by atoms with Gasteiger partial charge in [0.25, 0.3) is 0 Å². The first kappa shape index (κ1) is 14.5. The molecule has 6 nitrogen and oxygen atoms in total. The highest BCUT2D eigenvalue weighted by molar-refractivity contribution is 5.83. The average molecular weight is 253 g/mol. The number of likely N-dealkylation sites (tertiary alicyclic amines) is 1. The lowest BCUT2D eigenvalue weighted by Gasteiger charge is -2.31. The summed E-state index contributed by atoms with van der Waals surface area (Å²) in [4.78, 5) is 25.7. The van der Waals surface area contributed by atoms with E-state index in [4.69, 9.17) is 17.3 Å². The van der Waals surface area contributed by atoms with Crippen LogP contribution in [0.1, 0.15) is 12.8 Å². The van der Waals surface area contributed by atoms with Gasteiger partial charge in [0.05, 0.1) is 13.1 Å². The Hall–Kier alpha value is -1.58. The zero-order valence-corrected chi connectivity index (χ0v) is 10.3. The van der Waals surface area contributed by atoms with Crippen molar-refractivity contribution in [1.82, 2.24) is 9.80 Å². The molecule has 0 unspecified atom stereocenters. The van der Waals surface area contributed by atoms with Crippen molar-refractivity contribution in [3.05, 3.63) is 0 Å². The molecule has 1 aliphatic rings. The van der Waals surface area contributed by atoms with E-state index in [0.29, 0.717) is 0 Å². The van der Waals surface area contributed by atoms with Crippen molar-refractivity contribution in [2.45, 2.75) is 18.9 Å². The minimum absolute atomic E-state index is 0.0263. The number of piperidine rings is 1. The molecule has 6 heteroatoms. The van der Waals surface area contributed by atoms with Gasteiger partial charge in [0.15, 0.2) is 0 Å². The van der Waals surface area contributed by atoms with Crippen LogP contribution in [0.25, 0.3) is 0 Å². The van der Waals surface area contributed by atoms with Crippen molar-refractivity contribution in [3.63, 3.8) is 0 Å². The van der Waals surface area contributed by atoms with E-state index in [1.165, 1.54) is 4.90 Å². The highest BCUT2D eigenvalue weighted by atomic mass is 16.4. The fraction of sp³-hybridized carbons (Fsp3) is 0.667. The highest BCUT2D eigenvalue weighted by Gasteiger charge is 2.22. The molecule has 0 spiro atoms. The first-order chi connectivity index (χ1) is 8.52. The zero-order valence-electron chi connectivity index (χ0n) is 10.3. The Morgan fingerprint density at radius 2 is 2.06 bits per heavy atom. The second-order valence-corrected chi connectivity index (χ2v) is 4.46. The molecule has 100 valence electrons. The lowest BCUT2D eigenvalue weighted by Crippen LogP contribution is -2.46. The molecule has 1 rings (SSSR count). The van der Waals surface area contributed by atoms with Crippen LogP contribution in [0.4, 0.5) is 0 Å². The van der Waals surface area contributed by atoms with Crippen LogP contribution in [0.15, 0.2) is 0 Å². The third-order valence-electron chi connectivity index (χ3n) is 2.95. The van der Waals surface area contributed by atoms with E-state index in [1.54, 1.807) is 0 Å². The monoisotopic (exact) mass is 253 g/mol. The molecule has 0 aromatic rings. The Morgan fingerprint density at radius 3 is 2.56 bits per heavy atom. The fourth-order valence-corrected chi connectivity index (χ4v) is 1.91. The molecule has 0 aromatic heterocycles. The van der Waals surface area contributed by atoms with Crippen molar-refractivity contribution in [1.29, 1.82) is 0 Å². The lowest BCUT2D eigenvalue weighted by molar-refractivity contribution is -0.144. The van der Waals surface area contributed by atoms with E-state index < -0.39 is 5.97 Å². The minimum atomic E-state index is -1.06. The highest BCUT2D eigenvalue weighted by Crippen LogP contribution is 2.08. The molecule has 0 radical (unpaired) electrons. The number of hydrogen-bond acceptors (Lipinski definition) is 4. The number of carbonyl (C=O) groups excluding carboxylic acids is 1. The van der Waals surface area contributed by atoms with Gasteiger partial charge in [-0.15, -0.1) is 6.42 Å². The van der Waals surface area contributed by atoms with Gasteiger partial charge >= 0.3 is 5.97 Å². The number of amides is 1. The van der Waals surface area contributed by atoms with E-state index >= 15 is 0 Å². The van der Waals surface area contributed by atoms with Gasteiger partial charge in [-0.25, -0.2) is 0 Å². The van der Waals surface area contributed by atoms with Crippen LogP contribution < -0.4 is 5.73 Å². The normalized spacial score (nSPS) is 17.1. The Labute approximate surface area is 107 Å². The summed E-state index contributed by atoms with van der Waals surface area (Å²) in [5.41, 5.74) is 5.77. The molecule has 1 saturated heterocycles. The molecule has 0 saturated carbocycles. The van der Waals surface area contributed by atoms with Gasteiger partial charge in [0, 0.05) is 19.1 Å². The number of rotatable bonds is 5. The second-order valence-electron chi connectivity index (χ2n) is 4.46. The van der Waals surface area contributed by atoms with Crippen LogP contribution in [-0.2, 0) is 9.59 Å². The lowest BCUT2D eigenvalue weighted by atomic mass is 10.1. The number of nitrogens with two attached hydrogens (primary N) is 1. The third-order valence-corrected chi connectivity index (χ3v) is 2.95. The largest absolute Gasteiger partial charge is 0.480 e. The molecule has 1 fully saturated rings. The maximum Gasteiger partial charge on any atom is 0.323 e. The molecule has 0 bridgehead atoms. The summed E-state index contributed by atoms with van der Waals surface area (Å²) >= 11 is 0. The maximum absolute atomic E-state index is 11.9. The minimum Gasteiger partial charge on any atom is -0.480 e. The molecule has 1 heterocycles. The maximum atomic E-state index is 11.9. The van der Waals surface area contributed by atoms with Crippen LogP contribution in [-0.4, -0.2) is 65.5 Å². The van der Waals surface area contributed by atoms with E-state index in [2.05, 4.69) is 5.92 Å². The standard InChI is InChI=1S/C12H19N3O3/c1-2-5-15(9-12(17)18)11(16)8-14-6-3-10(13)4-7-14/h1,10H,3-9,13H2,(H,17,18). The van der Waals surface area contributed by atoms with Gasteiger partial charge in [-0.05, 0) is 12.8 Å². The van der Waals surface area contributed by atoms with Crippen molar-refractivity contribution in [3.8, 4) is 12.3 Å². The summed E-state index contributed by atoms with van der Waals surface area (Å²) in [6.45, 7) is 1.42. The molecule has 0 aromatic carbocycles. The number of carboxylic acids is 1. The Bertz CT molecular complexity index is 343. The van der Waals surface area contributed by atoms with Crippen LogP contribution in [0, 0.1) is 12.3 Å². The van der Waals surface area contributed by atoms with Gasteiger partial charge in [0.1, 0.15) is 6.54 Å². The molecule has 1 amide bonds. The summed E-state index contributed by atoms with van der Waals surface area (Å²) in [6.07, 6.45) is 6.85. The average Bonchev–Trinajstić information content (AvgIpc) is 2.31. The Balaban J connectivity index is 2.46. The summed E-state index contributed by atoms with van der Waals surface area (Å²) in [6, 6.07) is 0.206. The predicted molar refractivity (Wildman–Crippen MR) is 66.7 cm³/mol. The molecule has 3 N–H and O–H groups in total. The Morgan fingerprint density at radius 1 is 1.44 bits per heavy atom. The van der Waals surface area contributed by atoms with Crippen molar-refractivity contribution in [2.24, 2.45) is 5.73 Å². The summed E-state index contributed by atoms with van der Waals surface area (Å²) in [5.74, 6) is 1.00. The second kappa shape index (κ2) is 6.99. The van der Waals surface area contributed by atoms with Crippen LogP contribution in [0.5, 0.6) is 0 Å². The van der Waals surface area contributed by atoms with Crippen LogP contribution in [0.3, 0.4) is 0 Å². The molecule has 18 heavy (non-hydrogen) atoms. The number of aliphatic carboxylic acids is 1. The van der Waals surface area contributed by atoms with Crippen molar-refractivity contribution < 1.29 is 14.7 Å². The SMILES string of the molecule is C#CCN(CC(=O)O)C(=O)CN1CCC(N)CC1. The topological polar surface area (TPSA) is 86.9 Å². The fourth-order valence-electron chi connectivity index (χ4n) is 1.91. The quantitative estimate of drug-likeness (QED) is 0.611. The number of carbonyl (C=O) groups is 2. The van der Waals surface area contributed by atoms with Crippen molar-refractivity contribution in [2.75, 3.05) is 32.7 Å². The van der Waals surface area contributed by atoms with Gasteiger partial charge in [0.2, 0.25) is 5.91 Å². The van der Waals surface area contributed by atoms with Gasteiger partial charge in [-0.2, -0.15) is 0 Å². The van der Waals surface area contributed by atoms with Crippen molar-refractivity contribution >= 4 is 11.9 Å². The molecular formula is C12H19N3O3. The summed E-state index contributed by atoms with van der Waals surface area (Å²) in [5, 5.41) is 8.71. The number of nitrogens with zero attached hydrogens (tertiary/aromatic N) is 2. The van der Waals surface area contributed by atoms with Crippen LogP contribution in [0.2, 0.25) is 0 Å². The molecular weight excluding hydrogens is 234 g/mol. The predicted octanol–water partition coefficient (Wildman–Crippen LogP) is -1.04. The third kappa shape index (κ3) is 4.73. The Kier molecular flexibility index (Phi) is 5.62. The van der Waals surface area contributed by atoms with Gasteiger partial charge < -0.3 is 15.7 Å². The van der Waals surface area contributed by atoms with Gasteiger partial charge in [-0.1, -0.05) is 5.92 Å². The summed E-state index contributed by atoms with van der Waals surface area (Å²) in [7, 11) is 0. The molecule has 0 aliphatic carbocycles. The van der Waals surface area contributed by atoms with Crippen LogP contribution >= 0.6 is 0 Å². The van der Waals surface area contributed by atoms with E-state index in [-0.39, 0.29) is 31.6 Å². The van der Waals surface area contributed by atoms with E-state index in [0.717, 1.165) is 25.9 Å². The number of carboxylic acid groups (broad SMARTS) is 1. The first-order valence-electron chi connectivity index (χ1n) is 5.94.